The van der Waals surface area contributed by atoms with E-state index in [0.29, 0.717) is 29.3 Å². The largest absolute Gasteiger partial charge is 0.497 e. The van der Waals surface area contributed by atoms with Crippen LogP contribution in [-0.4, -0.2) is 58.7 Å². The summed E-state index contributed by atoms with van der Waals surface area (Å²) >= 11 is 0. The number of aromatic nitrogens is 4. The number of unbranched alkanes of at least 4 members (excludes halogenated alkanes) is 1. The zero-order valence-electron chi connectivity index (χ0n) is 36.1. The quantitative estimate of drug-likeness (QED) is 0.0496. The highest BCUT2D eigenvalue weighted by molar-refractivity contribution is 7.55. The molecule has 13 nitrogen and oxygen atoms in total. The van der Waals surface area contributed by atoms with Gasteiger partial charge in [0.2, 0.25) is 8.38 Å². The Morgan fingerprint density at radius 2 is 1.59 bits per heavy atom. The number of hydrogen-bond acceptors (Lipinski definition) is 11. The molecule has 1 fully saturated rings. The maximum Gasteiger partial charge on any atom is 0.351 e. The second-order valence-electron chi connectivity index (χ2n) is 15.5. The molecule has 4 aromatic carbocycles. The first kappa shape index (κ1) is 45.2. The molecule has 7 rings (SSSR count). The van der Waals surface area contributed by atoms with Gasteiger partial charge in [0.1, 0.15) is 40.7 Å². The van der Waals surface area contributed by atoms with Gasteiger partial charge >= 0.3 is 5.69 Å². The number of ether oxygens (including phenoxy) is 4. The van der Waals surface area contributed by atoms with Crippen LogP contribution in [0.15, 0.2) is 139 Å². The molecule has 6 atom stereocenters. The first-order valence-corrected chi connectivity index (χ1v) is 22.5. The van der Waals surface area contributed by atoms with Gasteiger partial charge in [0.05, 0.1) is 58.0 Å². The molecule has 2 N–H and O–H groups in total. The third kappa shape index (κ3) is 11.0. The minimum Gasteiger partial charge on any atom is -0.497 e. The Kier molecular flexibility index (Phi) is 15.7. The van der Waals surface area contributed by atoms with E-state index in [1.165, 1.54) is 4.57 Å². The number of anilines is 1. The summed E-state index contributed by atoms with van der Waals surface area (Å²) in [5.74, 6) is 1.97. The standard InChI is InChI=1S/C49H55N6O7P/c1-5-6-13-35(2)42(26-28-50)61-63(46-32-51-34-53-46)62-43-30-47(55-29-27-45(54-48(55)56)52-31-36-14-9-7-10-15-36)60-44(43)33-59-49(37-16-11-8-12-17-37,38-18-22-40(57-3)23-19-38)39-20-24-41(58-4)25-21-39/h7-12,14-25,27,29,32,34-35,42-44,47H,5-6,13,26,30-31,33H2,1-4H3,(H,51,53)(H,52,54,56). The first-order chi connectivity index (χ1) is 30.8. The highest BCUT2D eigenvalue weighted by Crippen LogP contribution is 2.47. The zero-order valence-corrected chi connectivity index (χ0v) is 37.0. The van der Waals surface area contributed by atoms with E-state index in [4.69, 9.17) is 28.0 Å². The number of imidazole rings is 1. The van der Waals surface area contributed by atoms with Gasteiger partial charge in [-0.25, -0.2) is 9.78 Å². The molecular weight excluding hydrogens is 816 g/mol. The zero-order chi connectivity index (χ0) is 44.0. The molecule has 0 saturated carbocycles. The lowest BCUT2D eigenvalue weighted by atomic mass is 9.80. The van der Waals surface area contributed by atoms with Crippen molar-refractivity contribution in [3.05, 3.63) is 167 Å². The van der Waals surface area contributed by atoms with Gasteiger partial charge in [0, 0.05) is 19.2 Å². The summed E-state index contributed by atoms with van der Waals surface area (Å²) in [6, 6.07) is 39.7. The fourth-order valence-electron chi connectivity index (χ4n) is 7.81. The van der Waals surface area contributed by atoms with Gasteiger partial charge in [0.15, 0.2) is 0 Å². The van der Waals surface area contributed by atoms with Crippen LogP contribution in [-0.2, 0) is 30.7 Å². The second kappa shape index (κ2) is 22.0. The van der Waals surface area contributed by atoms with Gasteiger partial charge in [-0.2, -0.15) is 10.2 Å². The molecular formula is C49H55N6O7P. The molecule has 1 aliphatic heterocycles. The Morgan fingerprint density at radius 1 is 0.937 bits per heavy atom. The highest BCUT2D eigenvalue weighted by Gasteiger charge is 2.45. The van der Waals surface area contributed by atoms with Crippen LogP contribution in [0.25, 0.3) is 0 Å². The minimum atomic E-state index is -1.81. The van der Waals surface area contributed by atoms with Crippen LogP contribution in [0.3, 0.4) is 0 Å². The Labute approximate surface area is 370 Å². The van der Waals surface area contributed by atoms with Crippen molar-refractivity contribution in [3.63, 3.8) is 0 Å². The Morgan fingerprint density at radius 3 is 2.17 bits per heavy atom. The number of H-pyrrole nitrogens is 1. The number of nitrogens with zero attached hydrogens (tertiary/aromatic N) is 4. The van der Waals surface area contributed by atoms with Gasteiger partial charge in [-0.1, -0.05) is 112 Å². The maximum atomic E-state index is 13.8. The van der Waals surface area contributed by atoms with Crippen LogP contribution in [0.4, 0.5) is 5.82 Å². The van der Waals surface area contributed by atoms with Crippen molar-refractivity contribution in [1.82, 2.24) is 19.5 Å². The van der Waals surface area contributed by atoms with E-state index in [2.05, 4.69) is 40.2 Å². The predicted octanol–water partition coefficient (Wildman–Crippen LogP) is 9.04. The molecule has 1 aliphatic rings. The van der Waals surface area contributed by atoms with E-state index < -0.39 is 38.1 Å². The van der Waals surface area contributed by atoms with Crippen molar-refractivity contribution in [2.45, 2.75) is 82.6 Å². The third-order valence-electron chi connectivity index (χ3n) is 11.4. The van der Waals surface area contributed by atoms with Crippen molar-refractivity contribution in [3.8, 4) is 17.6 Å². The molecule has 0 bridgehead atoms. The Hall–Kier alpha value is -5.87. The number of aromatic amines is 1. The summed E-state index contributed by atoms with van der Waals surface area (Å²) < 4.78 is 40.6. The maximum absolute atomic E-state index is 13.8. The summed E-state index contributed by atoms with van der Waals surface area (Å²) in [5, 5.41) is 13.1. The van der Waals surface area contributed by atoms with E-state index in [0.717, 1.165) is 41.5 Å². The molecule has 0 spiro atoms. The van der Waals surface area contributed by atoms with Gasteiger partial charge in [0.25, 0.3) is 0 Å². The Bertz CT molecular complexity index is 2350. The first-order valence-electron chi connectivity index (χ1n) is 21.3. The molecule has 328 valence electrons. The lowest BCUT2D eigenvalue weighted by Crippen LogP contribution is -2.38. The number of rotatable bonds is 22. The molecule has 0 amide bonds. The van der Waals surface area contributed by atoms with Crippen molar-refractivity contribution in [2.24, 2.45) is 5.92 Å². The molecule has 63 heavy (non-hydrogen) atoms. The molecule has 0 aliphatic carbocycles. The summed E-state index contributed by atoms with van der Waals surface area (Å²) in [6.07, 6.45) is 5.92. The van der Waals surface area contributed by atoms with Crippen LogP contribution in [0.2, 0.25) is 0 Å². The van der Waals surface area contributed by atoms with Crippen molar-refractivity contribution < 1.29 is 28.0 Å². The molecule has 6 unspecified atom stereocenters. The molecule has 6 aromatic rings. The van der Waals surface area contributed by atoms with Gasteiger partial charge in [-0.05, 0) is 64.9 Å². The average molecular weight is 871 g/mol. The van der Waals surface area contributed by atoms with Crippen molar-refractivity contribution in [2.75, 3.05) is 26.1 Å². The topological polar surface area (TPSA) is 155 Å². The second-order valence-corrected chi connectivity index (χ2v) is 16.9. The molecule has 1 saturated heterocycles. The summed E-state index contributed by atoms with van der Waals surface area (Å²) in [5.41, 5.74) is 2.70. The summed E-state index contributed by atoms with van der Waals surface area (Å²) in [4.78, 5) is 25.7. The molecule has 3 heterocycles. The Balaban J connectivity index is 1.25. The van der Waals surface area contributed by atoms with E-state index in [1.807, 2.05) is 109 Å². The number of hydrogen-bond donors (Lipinski definition) is 2. The lowest BCUT2D eigenvalue weighted by Gasteiger charge is -2.37. The van der Waals surface area contributed by atoms with Crippen LogP contribution in [0, 0.1) is 17.2 Å². The number of nitrogens with one attached hydrogen (secondary N) is 2. The normalized spacial score (nSPS) is 17.7. The molecule has 0 radical (unpaired) electrons. The third-order valence-corrected chi connectivity index (χ3v) is 12.9. The van der Waals surface area contributed by atoms with Gasteiger partial charge < -0.3 is 38.3 Å². The minimum absolute atomic E-state index is 0.0354. The number of methoxy groups -OCH3 is 2. The van der Waals surface area contributed by atoms with Crippen LogP contribution in [0.1, 0.15) is 74.4 Å². The van der Waals surface area contributed by atoms with Crippen molar-refractivity contribution in [1.29, 1.82) is 5.26 Å². The molecule has 14 heteroatoms. The fourth-order valence-corrected chi connectivity index (χ4v) is 9.41. The average Bonchev–Trinajstić information content (AvgIpc) is 4.02. The van der Waals surface area contributed by atoms with Crippen LogP contribution in [0.5, 0.6) is 11.5 Å². The predicted molar refractivity (Wildman–Crippen MR) is 243 cm³/mol. The SMILES string of the molecule is CCCCC(C)C(CC#N)OP(OC1CC(n2ccc(NCc3ccccc3)nc2=O)OC1COC(c1ccccc1)(c1ccc(OC)cc1)c1ccc(OC)cc1)c1cnc[nH]1. The van der Waals surface area contributed by atoms with Gasteiger partial charge in [-0.15, -0.1) is 0 Å². The van der Waals surface area contributed by atoms with Crippen LogP contribution >= 0.6 is 8.38 Å². The lowest BCUT2D eigenvalue weighted by molar-refractivity contribution is -0.0918. The van der Waals surface area contributed by atoms with Crippen LogP contribution < -0.4 is 25.9 Å². The molecule has 2 aromatic heterocycles. The van der Waals surface area contributed by atoms with E-state index in [9.17, 15) is 10.1 Å². The van der Waals surface area contributed by atoms with E-state index >= 15 is 0 Å². The van der Waals surface area contributed by atoms with E-state index in [-0.39, 0.29) is 31.5 Å². The highest BCUT2D eigenvalue weighted by atomic mass is 31.2. The number of benzene rings is 4. The van der Waals surface area contributed by atoms with Gasteiger partial charge in [-0.3, -0.25) is 4.57 Å². The van der Waals surface area contributed by atoms with E-state index in [1.54, 1.807) is 39.0 Å². The monoisotopic (exact) mass is 870 g/mol. The summed E-state index contributed by atoms with van der Waals surface area (Å²) in [6.45, 7) is 4.81. The summed E-state index contributed by atoms with van der Waals surface area (Å²) in [7, 11) is 1.47. The smallest absolute Gasteiger partial charge is 0.351 e. The number of nitriles is 1. The fraction of sp³-hybridized carbons (Fsp3) is 0.347. The van der Waals surface area contributed by atoms with Crippen molar-refractivity contribution >= 4 is 19.6 Å².